The smallest absolute Gasteiger partial charge is 0.277 e. The zero-order valence-electron chi connectivity index (χ0n) is 42.8. The van der Waals surface area contributed by atoms with Gasteiger partial charge in [-0.1, -0.05) is 96.3 Å². The molecule has 2 amide bonds. The number of anilines is 2. The zero-order chi connectivity index (χ0) is 50.8. The van der Waals surface area contributed by atoms with E-state index in [4.69, 9.17) is 12.2 Å². The summed E-state index contributed by atoms with van der Waals surface area (Å²) in [6, 6.07) is 25.4. The topological polar surface area (TPSA) is 111 Å². The second kappa shape index (κ2) is 18.5. The van der Waals surface area contributed by atoms with Gasteiger partial charge >= 0.3 is 0 Å². The number of carbonyl (C=O) groups excluding carboxylic acids is 2. The molecule has 8 rings (SSSR count). The molecule has 2 N–H and O–H groups in total. The second-order valence-corrected chi connectivity index (χ2v) is 26.4. The average molecular weight is 970 g/mol. The number of nitrogens with zero attached hydrogens (tertiary/aromatic N) is 4. The highest BCUT2D eigenvalue weighted by Crippen LogP contribution is 2.48. The molecule has 0 saturated heterocycles. The zero-order valence-corrected chi connectivity index (χ0v) is 44.6. The predicted octanol–water partition coefficient (Wildman–Crippen LogP) is 10.1. The van der Waals surface area contributed by atoms with Gasteiger partial charge in [0.25, 0.3) is 17.5 Å². The lowest BCUT2D eigenvalue weighted by atomic mass is 9.82. The van der Waals surface area contributed by atoms with Crippen molar-refractivity contribution in [2.24, 2.45) is 5.41 Å². The molecule has 2 aliphatic heterocycles. The summed E-state index contributed by atoms with van der Waals surface area (Å²) in [6.07, 6.45) is 12.9. The molecule has 4 aliphatic rings. The van der Waals surface area contributed by atoms with Crippen molar-refractivity contribution in [3.63, 3.8) is 0 Å². The van der Waals surface area contributed by atoms with Crippen molar-refractivity contribution >= 4 is 70.5 Å². The molecule has 1 atom stereocenters. The van der Waals surface area contributed by atoms with Gasteiger partial charge in [-0.25, -0.2) is 4.58 Å². The van der Waals surface area contributed by atoms with E-state index in [1.807, 2.05) is 61.7 Å². The monoisotopic (exact) mass is 969 g/mol. The van der Waals surface area contributed by atoms with Crippen molar-refractivity contribution in [1.29, 1.82) is 0 Å². The molecule has 0 aromatic heterocycles. The number of thiocarbonyl (C=S) groups is 1. The number of nitrogens with one attached hydrogen (secondary N) is 2. The number of carbonyl (C=O) groups is 2. The Bertz CT molecular complexity index is 3150. The van der Waals surface area contributed by atoms with Crippen LogP contribution < -0.4 is 25.6 Å². The molecule has 4 aromatic carbocycles. The number of nitro groups is 1. The molecule has 1 unspecified atom stereocenters. The molecule has 0 spiro atoms. The van der Waals surface area contributed by atoms with Crippen LogP contribution in [0.3, 0.4) is 0 Å². The first kappa shape index (κ1) is 49.7. The maximum Gasteiger partial charge on any atom is 0.277 e. The van der Waals surface area contributed by atoms with Gasteiger partial charge in [-0.05, 0) is 123 Å². The van der Waals surface area contributed by atoms with Crippen LogP contribution in [-0.2, 0) is 5.41 Å². The minimum atomic E-state index is -2.12. The average Bonchev–Trinajstić information content (AvgIpc) is 3.49. The highest BCUT2D eigenvalue weighted by molar-refractivity contribution is 7.81. The van der Waals surface area contributed by atoms with Crippen LogP contribution in [0.15, 0.2) is 137 Å². The third-order valence-corrected chi connectivity index (χ3v) is 18.3. The Hall–Kier alpha value is -6.76. The predicted molar refractivity (Wildman–Crippen MR) is 294 cm³/mol. The number of hydrogen-bond donors (Lipinski definition) is 2. The molecule has 0 radical (unpaired) electrons. The van der Waals surface area contributed by atoms with Crippen molar-refractivity contribution in [1.82, 2.24) is 10.6 Å². The first-order valence-electron chi connectivity index (χ1n) is 23.9. The highest BCUT2D eigenvalue weighted by atomic mass is 32.1. The Morgan fingerprint density at radius 3 is 2.21 bits per heavy atom. The van der Waals surface area contributed by atoms with Crippen LogP contribution in [0.25, 0.3) is 11.3 Å². The van der Waals surface area contributed by atoms with E-state index < -0.39 is 13.5 Å². The van der Waals surface area contributed by atoms with Crippen molar-refractivity contribution in [3.8, 4) is 0 Å². The first-order valence-corrected chi connectivity index (χ1v) is 27.3. The summed E-state index contributed by atoms with van der Waals surface area (Å²) in [5.74, 6) is -0.420. The molecule has 0 saturated carbocycles. The molecular formula is C58H65N6O4SSi+. The standard InChI is InChI=1S/C58H64N6O4SSi/c1-35-28-37(18-23-42(35)53-45-24-21-40(61(7)8)31-50(45)70(12,13)51-32-41(62(9)10)22-25-46(51)53)55(65)59-34-39(33-57(2,3)4)60-56(66)38-19-26-48-47(29-38)58(5,6)52(63(48)11)27-20-36-30-49(64(67)68)43-16-14-15-17-44(43)54(36)69/h14-32,39H,33-34H2,1-13H3,(H-,59,60,65,66)/p+1. The van der Waals surface area contributed by atoms with Gasteiger partial charge in [-0.15, -0.1) is 0 Å². The molecule has 0 fully saturated rings. The van der Waals surface area contributed by atoms with E-state index in [0.29, 0.717) is 39.1 Å². The molecule has 360 valence electrons. The number of allylic oxidation sites excluding steroid dienone is 10. The van der Waals surface area contributed by atoms with Crippen molar-refractivity contribution < 1.29 is 19.1 Å². The Balaban J connectivity index is 1.02. The highest BCUT2D eigenvalue weighted by Gasteiger charge is 2.42. The van der Waals surface area contributed by atoms with Gasteiger partial charge in [0.2, 0.25) is 0 Å². The van der Waals surface area contributed by atoms with E-state index in [-0.39, 0.29) is 40.4 Å². The summed E-state index contributed by atoms with van der Waals surface area (Å²) in [4.78, 5) is 44.7. The Labute approximate surface area is 419 Å². The van der Waals surface area contributed by atoms with Gasteiger partial charge in [0.05, 0.1) is 15.4 Å². The fourth-order valence-corrected chi connectivity index (χ4v) is 13.9. The van der Waals surface area contributed by atoms with Crippen molar-refractivity contribution in [2.45, 2.75) is 72.5 Å². The summed E-state index contributed by atoms with van der Waals surface area (Å²) in [6.45, 7) is 17.8. The van der Waals surface area contributed by atoms with Crippen LogP contribution in [0.2, 0.25) is 13.1 Å². The molecule has 4 aromatic rings. The van der Waals surface area contributed by atoms with Crippen LogP contribution in [0, 0.1) is 22.5 Å². The number of rotatable bonds is 10. The van der Waals surface area contributed by atoms with Gasteiger partial charge in [0, 0.05) is 96.7 Å². The molecule has 2 heterocycles. The van der Waals surface area contributed by atoms with E-state index >= 15 is 0 Å². The van der Waals surface area contributed by atoms with Crippen LogP contribution in [0.5, 0.6) is 0 Å². The van der Waals surface area contributed by atoms with Crippen LogP contribution in [-0.4, -0.2) is 87.8 Å². The maximum absolute atomic E-state index is 14.2. The lowest BCUT2D eigenvalue weighted by molar-refractivity contribution is -0.462. The minimum Gasteiger partial charge on any atom is -0.378 e. The normalized spacial score (nSPS) is 18.1. The fourth-order valence-electron chi connectivity index (χ4n) is 10.5. The number of hydrogen-bond acceptors (Lipinski definition) is 7. The third-order valence-electron chi connectivity index (χ3n) is 14.3. The molecule has 70 heavy (non-hydrogen) atoms. The van der Waals surface area contributed by atoms with Gasteiger partial charge in [-0.2, -0.15) is 0 Å². The number of fused-ring (bicyclic) bond motifs is 4. The largest absolute Gasteiger partial charge is 0.378 e. The van der Waals surface area contributed by atoms with Gasteiger partial charge in [0.15, 0.2) is 5.71 Å². The maximum atomic E-state index is 14.2. The molecular weight excluding hydrogens is 905 g/mol. The van der Waals surface area contributed by atoms with Crippen molar-refractivity contribution in [2.75, 3.05) is 51.6 Å². The van der Waals surface area contributed by atoms with E-state index in [1.165, 1.54) is 38.5 Å². The summed E-state index contributed by atoms with van der Waals surface area (Å²) in [5, 5.41) is 21.3. The second-order valence-electron chi connectivity index (χ2n) is 21.7. The summed E-state index contributed by atoms with van der Waals surface area (Å²) in [7, 11) is 8.22. The first-order chi connectivity index (χ1) is 32.9. The van der Waals surface area contributed by atoms with Gasteiger partial charge in [-0.3, -0.25) is 19.7 Å². The fraction of sp³-hybridized carbons (Fsp3) is 0.310. The van der Waals surface area contributed by atoms with Crippen LogP contribution >= 0.6 is 12.2 Å². The van der Waals surface area contributed by atoms with Crippen LogP contribution in [0.4, 0.5) is 11.4 Å². The lowest BCUT2D eigenvalue weighted by Crippen LogP contribution is -2.49. The van der Waals surface area contributed by atoms with Gasteiger partial charge in [0.1, 0.15) is 22.2 Å². The summed E-state index contributed by atoms with van der Waals surface area (Å²) < 4.78 is 2.17. The Morgan fingerprint density at radius 1 is 0.886 bits per heavy atom. The number of aryl methyl sites for hydroxylation is 1. The van der Waals surface area contributed by atoms with E-state index in [1.54, 1.807) is 18.2 Å². The summed E-state index contributed by atoms with van der Waals surface area (Å²) in [5.41, 5.74) is 13.3. The third kappa shape index (κ3) is 9.22. The molecule has 10 nitrogen and oxygen atoms in total. The summed E-state index contributed by atoms with van der Waals surface area (Å²) >= 11 is 5.82. The quantitative estimate of drug-likeness (QED) is 0.0407. The van der Waals surface area contributed by atoms with Crippen LogP contribution in [0.1, 0.15) is 95.1 Å². The Kier molecular flexibility index (Phi) is 13.1. The SMILES string of the molecule is Cc1cc(C(=O)NCC(CC(C)(C)C)NC(=O)c2ccc3c(c2)C(C)(C)C(=CC=C2C=C([N+](=O)[O-])c4ccccc4C2=S)N3C)ccc1C1=C2C=CC(=[N+](C)C)C=C2[Si](C)(C)c2cc(N(C)C)ccc21. The number of amides is 2. The molecule has 0 bridgehead atoms. The number of benzene rings is 4. The van der Waals surface area contributed by atoms with E-state index in [0.717, 1.165) is 28.1 Å². The number of likely N-dealkylation sites (N-methyl/N-ethyl adjacent to an activating group) is 1. The lowest BCUT2D eigenvalue weighted by Gasteiger charge is -2.38. The molecule has 12 heteroatoms. The van der Waals surface area contributed by atoms with Gasteiger partial charge < -0.3 is 20.4 Å². The van der Waals surface area contributed by atoms with Crippen molar-refractivity contribution in [3.05, 3.63) is 192 Å². The Morgan fingerprint density at radius 2 is 1.56 bits per heavy atom. The van der Waals surface area contributed by atoms with E-state index in [9.17, 15) is 19.7 Å². The molecule has 2 aliphatic carbocycles. The van der Waals surface area contributed by atoms with E-state index in [2.05, 4.69) is 150 Å². The minimum absolute atomic E-state index is 0.0102.